The van der Waals surface area contributed by atoms with Gasteiger partial charge in [0.15, 0.2) is 11.0 Å². The first-order valence-corrected chi connectivity index (χ1v) is 11.3. The van der Waals surface area contributed by atoms with Gasteiger partial charge in [0.05, 0.1) is 22.8 Å². The molecule has 3 aromatic carbocycles. The van der Waals surface area contributed by atoms with Crippen molar-refractivity contribution in [2.45, 2.75) is 17.3 Å². The molecule has 1 aromatic heterocycles. The number of aromatic nitrogens is 3. The zero-order valence-electron chi connectivity index (χ0n) is 18.7. The lowest BCUT2D eigenvalue weighted by Gasteiger charge is -2.15. The highest BCUT2D eigenvalue weighted by Gasteiger charge is 2.24. The maximum Gasteiger partial charge on any atom is 0.306 e. The molecule has 0 saturated heterocycles. The van der Waals surface area contributed by atoms with Crippen LogP contribution in [0.25, 0.3) is 17.1 Å². The molecule has 178 valence electrons. The number of halogens is 1. The van der Waals surface area contributed by atoms with Gasteiger partial charge in [-0.15, -0.1) is 10.2 Å². The SMILES string of the molecule is COc1ccccc1-c1nnc(SC(C)C(=O)Nc2ccc(F)c([N+](=O)[O-])c2)n1-c1ccccc1. The first-order valence-electron chi connectivity index (χ1n) is 10.4. The van der Waals surface area contributed by atoms with E-state index in [1.165, 1.54) is 6.07 Å². The number of rotatable bonds is 8. The normalized spacial score (nSPS) is 11.6. The maximum atomic E-state index is 13.6. The van der Waals surface area contributed by atoms with Crippen LogP contribution in [0.1, 0.15) is 6.92 Å². The number of ether oxygens (including phenoxy) is 1. The van der Waals surface area contributed by atoms with Crippen LogP contribution in [0.5, 0.6) is 5.75 Å². The van der Waals surface area contributed by atoms with E-state index in [9.17, 15) is 19.3 Å². The number of carbonyl (C=O) groups excluding carboxylic acids is 1. The van der Waals surface area contributed by atoms with Gasteiger partial charge in [0.2, 0.25) is 11.7 Å². The van der Waals surface area contributed by atoms with E-state index in [1.807, 2.05) is 59.2 Å². The fourth-order valence-electron chi connectivity index (χ4n) is 3.35. The smallest absolute Gasteiger partial charge is 0.306 e. The number of para-hydroxylation sites is 2. The summed E-state index contributed by atoms with van der Waals surface area (Å²) in [5, 5.41) is 22.1. The third-order valence-electron chi connectivity index (χ3n) is 5.06. The van der Waals surface area contributed by atoms with Crippen molar-refractivity contribution in [1.82, 2.24) is 14.8 Å². The largest absolute Gasteiger partial charge is 0.496 e. The molecule has 4 aromatic rings. The molecule has 0 saturated carbocycles. The number of nitrogens with zero attached hydrogens (tertiary/aromatic N) is 4. The highest BCUT2D eigenvalue weighted by atomic mass is 32.2. The van der Waals surface area contributed by atoms with Crippen molar-refractivity contribution in [3.63, 3.8) is 0 Å². The average molecular weight is 494 g/mol. The Morgan fingerprint density at radius 3 is 2.54 bits per heavy atom. The van der Waals surface area contributed by atoms with Crippen LogP contribution in [0.3, 0.4) is 0 Å². The van der Waals surface area contributed by atoms with Crippen molar-refractivity contribution in [2.75, 3.05) is 12.4 Å². The number of hydrogen-bond acceptors (Lipinski definition) is 7. The van der Waals surface area contributed by atoms with Crippen LogP contribution in [-0.4, -0.2) is 38.0 Å². The summed E-state index contributed by atoms with van der Waals surface area (Å²) < 4.78 is 20.9. The number of nitro benzene ring substituents is 1. The van der Waals surface area contributed by atoms with E-state index in [0.717, 1.165) is 35.1 Å². The summed E-state index contributed by atoms with van der Waals surface area (Å²) in [4.78, 5) is 23.0. The Labute approximate surface area is 204 Å². The molecule has 35 heavy (non-hydrogen) atoms. The Bertz CT molecular complexity index is 1380. The van der Waals surface area contributed by atoms with Crippen molar-refractivity contribution in [3.05, 3.63) is 88.7 Å². The van der Waals surface area contributed by atoms with Crippen molar-refractivity contribution in [2.24, 2.45) is 0 Å². The Hall–Kier alpha value is -4.25. The number of anilines is 1. The average Bonchev–Trinajstić information content (AvgIpc) is 3.28. The number of methoxy groups -OCH3 is 1. The van der Waals surface area contributed by atoms with Crippen LogP contribution in [0.4, 0.5) is 15.8 Å². The van der Waals surface area contributed by atoms with E-state index in [-0.39, 0.29) is 5.69 Å². The summed E-state index contributed by atoms with van der Waals surface area (Å²) >= 11 is 1.16. The number of nitro groups is 1. The Balaban J connectivity index is 1.64. The fourth-order valence-corrected chi connectivity index (χ4v) is 4.21. The van der Waals surface area contributed by atoms with Crippen molar-refractivity contribution >= 4 is 29.0 Å². The van der Waals surface area contributed by atoms with Crippen LogP contribution in [0.2, 0.25) is 0 Å². The molecule has 1 atom stereocenters. The van der Waals surface area contributed by atoms with Gasteiger partial charge >= 0.3 is 5.69 Å². The Morgan fingerprint density at radius 1 is 1.11 bits per heavy atom. The highest BCUT2D eigenvalue weighted by molar-refractivity contribution is 8.00. The number of benzene rings is 3. The minimum absolute atomic E-state index is 0.120. The van der Waals surface area contributed by atoms with Gasteiger partial charge in [-0.1, -0.05) is 42.1 Å². The highest BCUT2D eigenvalue weighted by Crippen LogP contribution is 2.34. The molecular weight excluding hydrogens is 473 g/mol. The lowest BCUT2D eigenvalue weighted by atomic mass is 10.2. The van der Waals surface area contributed by atoms with E-state index in [1.54, 1.807) is 14.0 Å². The Morgan fingerprint density at radius 2 is 1.83 bits per heavy atom. The number of carbonyl (C=O) groups is 1. The Kier molecular flexibility index (Phi) is 7.06. The minimum Gasteiger partial charge on any atom is -0.496 e. The summed E-state index contributed by atoms with van der Waals surface area (Å²) in [6, 6.07) is 20.1. The third kappa shape index (κ3) is 5.14. The summed E-state index contributed by atoms with van der Waals surface area (Å²) in [6.07, 6.45) is 0. The van der Waals surface area contributed by atoms with Gasteiger partial charge in [-0.3, -0.25) is 19.5 Å². The molecule has 0 radical (unpaired) electrons. The first-order chi connectivity index (χ1) is 16.9. The standard InChI is InChI=1S/C24H20FN5O4S/c1-15(23(31)26-16-12-13-19(25)20(14-16)30(32)33)35-24-28-27-22(18-10-6-7-11-21(18)34-2)29(24)17-8-4-3-5-9-17/h3-15H,1-2H3,(H,26,31). The molecule has 1 amide bonds. The third-order valence-corrected chi connectivity index (χ3v) is 6.10. The van der Waals surface area contributed by atoms with Gasteiger partial charge in [0.25, 0.3) is 0 Å². The summed E-state index contributed by atoms with van der Waals surface area (Å²) in [5.74, 6) is -0.247. The topological polar surface area (TPSA) is 112 Å². The molecule has 0 bridgehead atoms. The van der Waals surface area contributed by atoms with E-state index in [2.05, 4.69) is 15.5 Å². The van der Waals surface area contributed by atoms with Crippen molar-refractivity contribution in [3.8, 4) is 22.8 Å². The summed E-state index contributed by atoms with van der Waals surface area (Å²) in [6.45, 7) is 1.67. The molecule has 0 spiro atoms. The molecule has 0 fully saturated rings. The van der Waals surface area contributed by atoms with E-state index in [4.69, 9.17) is 4.74 Å². The zero-order valence-corrected chi connectivity index (χ0v) is 19.5. The lowest BCUT2D eigenvalue weighted by Crippen LogP contribution is -2.23. The second-order valence-corrected chi connectivity index (χ2v) is 8.66. The molecule has 0 aliphatic rings. The summed E-state index contributed by atoms with van der Waals surface area (Å²) in [7, 11) is 1.57. The van der Waals surface area contributed by atoms with Crippen molar-refractivity contribution < 1.29 is 18.8 Å². The molecule has 4 rings (SSSR count). The molecule has 9 nitrogen and oxygen atoms in total. The van der Waals surface area contributed by atoms with Gasteiger partial charge in [0, 0.05) is 17.4 Å². The van der Waals surface area contributed by atoms with E-state index in [0.29, 0.717) is 16.7 Å². The van der Waals surface area contributed by atoms with Gasteiger partial charge in [-0.25, -0.2) is 0 Å². The first kappa shape index (κ1) is 23.9. The van der Waals surface area contributed by atoms with Crippen LogP contribution >= 0.6 is 11.8 Å². The lowest BCUT2D eigenvalue weighted by molar-refractivity contribution is -0.387. The van der Waals surface area contributed by atoms with Gasteiger partial charge in [-0.2, -0.15) is 4.39 Å². The number of nitrogens with one attached hydrogen (secondary N) is 1. The second-order valence-electron chi connectivity index (χ2n) is 7.35. The zero-order chi connectivity index (χ0) is 24.9. The molecular formula is C24H20FN5O4S. The van der Waals surface area contributed by atoms with Crippen LogP contribution in [0.15, 0.2) is 78.0 Å². The molecule has 1 heterocycles. The number of hydrogen-bond donors (Lipinski definition) is 1. The predicted octanol–water partition coefficient (Wildman–Crippen LogP) is 5.11. The van der Waals surface area contributed by atoms with Gasteiger partial charge < -0.3 is 10.1 Å². The van der Waals surface area contributed by atoms with Crippen LogP contribution in [0, 0.1) is 15.9 Å². The van der Waals surface area contributed by atoms with E-state index < -0.39 is 27.6 Å². The van der Waals surface area contributed by atoms with Crippen LogP contribution < -0.4 is 10.1 Å². The van der Waals surface area contributed by atoms with Gasteiger partial charge in [0.1, 0.15) is 5.75 Å². The summed E-state index contributed by atoms with van der Waals surface area (Å²) in [5.41, 5.74) is 0.930. The van der Waals surface area contributed by atoms with Crippen molar-refractivity contribution in [1.29, 1.82) is 0 Å². The number of amides is 1. The second kappa shape index (κ2) is 10.3. The fraction of sp³-hybridized carbons (Fsp3) is 0.125. The number of thioether (sulfide) groups is 1. The van der Waals surface area contributed by atoms with Crippen LogP contribution in [-0.2, 0) is 4.79 Å². The maximum absolute atomic E-state index is 13.6. The molecule has 1 unspecified atom stereocenters. The van der Waals surface area contributed by atoms with E-state index >= 15 is 0 Å². The van der Waals surface area contributed by atoms with Gasteiger partial charge in [-0.05, 0) is 43.3 Å². The minimum atomic E-state index is -0.977. The molecule has 11 heteroatoms. The quantitative estimate of drug-likeness (QED) is 0.206. The molecule has 0 aliphatic carbocycles. The molecule has 1 N–H and O–H groups in total. The monoisotopic (exact) mass is 493 g/mol. The molecule has 0 aliphatic heterocycles. The predicted molar refractivity (Wildman–Crippen MR) is 130 cm³/mol.